The highest BCUT2D eigenvalue weighted by Gasteiger charge is 2.16. The first-order valence-corrected chi connectivity index (χ1v) is 5.58. The lowest BCUT2D eigenvalue weighted by Gasteiger charge is -2.30. The van der Waals surface area contributed by atoms with Gasteiger partial charge in [0.15, 0.2) is 5.15 Å². The van der Waals surface area contributed by atoms with Crippen molar-refractivity contribution in [2.24, 2.45) is 5.73 Å². The molecule has 1 aromatic heterocycles. The average Bonchev–Trinajstić information content (AvgIpc) is 2.22. The Kier molecular flexibility index (Phi) is 3.51. The molecule has 2 rings (SSSR count). The zero-order valence-electron chi connectivity index (χ0n) is 8.56. The van der Waals surface area contributed by atoms with E-state index >= 15 is 0 Å². The fraction of sp³-hybridized carbons (Fsp3) is 0.600. The minimum absolute atomic E-state index is 0.305. The van der Waals surface area contributed by atoms with E-state index in [0.29, 0.717) is 11.2 Å². The lowest BCUT2D eigenvalue weighted by Crippen LogP contribution is -2.42. The van der Waals surface area contributed by atoms with Gasteiger partial charge in [-0.1, -0.05) is 11.6 Å². The first kappa shape index (κ1) is 10.8. The van der Waals surface area contributed by atoms with Crippen molar-refractivity contribution in [3.8, 4) is 0 Å². The van der Waals surface area contributed by atoms with Crippen molar-refractivity contribution in [2.75, 3.05) is 13.1 Å². The SMILES string of the molecule is NC1CCCN(Cc2ccc(Cl)nn2)C1. The molecule has 5 heteroatoms. The van der Waals surface area contributed by atoms with Crippen LogP contribution in [0.5, 0.6) is 0 Å². The van der Waals surface area contributed by atoms with Crippen LogP contribution in [-0.2, 0) is 6.54 Å². The zero-order chi connectivity index (χ0) is 10.7. The normalized spacial score (nSPS) is 22.9. The Labute approximate surface area is 94.4 Å². The maximum absolute atomic E-state index is 5.90. The second-order valence-corrected chi connectivity index (χ2v) is 4.37. The number of nitrogens with two attached hydrogens (primary N) is 1. The number of rotatable bonds is 2. The Bertz CT molecular complexity index is 314. The highest BCUT2D eigenvalue weighted by molar-refractivity contribution is 6.29. The third-order valence-electron chi connectivity index (χ3n) is 2.61. The summed E-state index contributed by atoms with van der Waals surface area (Å²) in [4.78, 5) is 2.31. The van der Waals surface area contributed by atoms with Crippen LogP contribution in [0.1, 0.15) is 18.5 Å². The number of nitrogens with zero attached hydrogens (tertiary/aromatic N) is 3. The fourth-order valence-corrected chi connectivity index (χ4v) is 1.99. The molecule has 4 nitrogen and oxygen atoms in total. The maximum Gasteiger partial charge on any atom is 0.151 e. The fourth-order valence-electron chi connectivity index (χ4n) is 1.89. The van der Waals surface area contributed by atoms with Crippen LogP contribution in [0, 0.1) is 0 Å². The molecule has 1 saturated heterocycles. The number of aromatic nitrogens is 2. The van der Waals surface area contributed by atoms with Gasteiger partial charge >= 0.3 is 0 Å². The minimum Gasteiger partial charge on any atom is -0.327 e. The van der Waals surface area contributed by atoms with Gasteiger partial charge in [-0.15, -0.1) is 5.10 Å². The Hall–Kier alpha value is -0.710. The highest BCUT2D eigenvalue weighted by Crippen LogP contribution is 2.11. The number of hydrogen-bond acceptors (Lipinski definition) is 4. The standard InChI is InChI=1S/C10H15ClN4/c11-10-4-3-9(13-14-10)7-15-5-1-2-8(12)6-15/h3-4,8H,1-2,5-7,12H2. The van der Waals surface area contributed by atoms with Crippen LogP contribution in [0.4, 0.5) is 0 Å². The lowest BCUT2D eigenvalue weighted by molar-refractivity contribution is 0.199. The first-order valence-electron chi connectivity index (χ1n) is 5.20. The summed E-state index contributed by atoms with van der Waals surface area (Å²) in [6, 6.07) is 3.99. The topological polar surface area (TPSA) is 55.0 Å². The Balaban J connectivity index is 1.93. The number of hydrogen-bond donors (Lipinski definition) is 1. The molecule has 1 aliphatic rings. The number of halogens is 1. The first-order chi connectivity index (χ1) is 7.24. The minimum atomic E-state index is 0.305. The van der Waals surface area contributed by atoms with Gasteiger partial charge in [0.2, 0.25) is 0 Å². The van der Waals surface area contributed by atoms with E-state index in [-0.39, 0.29) is 0 Å². The van der Waals surface area contributed by atoms with E-state index in [4.69, 9.17) is 17.3 Å². The molecule has 2 heterocycles. The van der Waals surface area contributed by atoms with Gasteiger partial charge in [-0.2, -0.15) is 5.10 Å². The van der Waals surface area contributed by atoms with Crippen LogP contribution in [0.3, 0.4) is 0 Å². The van der Waals surface area contributed by atoms with Crippen LogP contribution in [0.15, 0.2) is 12.1 Å². The predicted octanol–water partition coefficient (Wildman–Crippen LogP) is 1.05. The van der Waals surface area contributed by atoms with Crippen molar-refractivity contribution >= 4 is 11.6 Å². The molecule has 1 aliphatic heterocycles. The average molecular weight is 227 g/mol. The third kappa shape index (κ3) is 3.12. The molecular weight excluding hydrogens is 212 g/mol. The van der Waals surface area contributed by atoms with Crippen molar-refractivity contribution < 1.29 is 0 Å². The molecule has 1 fully saturated rings. The predicted molar refractivity (Wildman–Crippen MR) is 59.5 cm³/mol. The van der Waals surface area contributed by atoms with E-state index < -0.39 is 0 Å². The Morgan fingerprint density at radius 3 is 3.00 bits per heavy atom. The van der Waals surface area contributed by atoms with Gasteiger partial charge in [-0.05, 0) is 31.5 Å². The summed E-state index contributed by atoms with van der Waals surface area (Å²) in [5, 5.41) is 8.29. The van der Waals surface area contributed by atoms with Crippen LogP contribution in [0.25, 0.3) is 0 Å². The van der Waals surface area contributed by atoms with Gasteiger partial charge in [0.05, 0.1) is 5.69 Å². The lowest BCUT2D eigenvalue weighted by atomic mass is 10.1. The van der Waals surface area contributed by atoms with Gasteiger partial charge in [0.25, 0.3) is 0 Å². The summed E-state index contributed by atoms with van der Waals surface area (Å²) in [6.07, 6.45) is 2.30. The molecule has 0 amide bonds. The summed E-state index contributed by atoms with van der Waals surface area (Å²) < 4.78 is 0. The monoisotopic (exact) mass is 226 g/mol. The van der Waals surface area contributed by atoms with Gasteiger partial charge in [0, 0.05) is 19.1 Å². The third-order valence-corrected chi connectivity index (χ3v) is 2.82. The summed E-state index contributed by atoms with van der Waals surface area (Å²) >= 11 is 5.67. The van der Waals surface area contributed by atoms with E-state index in [9.17, 15) is 0 Å². The molecule has 82 valence electrons. The quantitative estimate of drug-likeness (QED) is 0.819. The van der Waals surface area contributed by atoms with Crippen LogP contribution in [0.2, 0.25) is 5.15 Å². The molecule has 15 heavy (non-hydrogen) atoms. The van der Waals surface area contributed by atoms with Gasteiger partial charge in [-0.25, -0.2) is 0 Å². The summed E-state index contributed by atoms with van der Waals surface area (Å²) in [5.74, 6) is 0. The molecule has 0 radical (unpaired) electrons. The van der Waals surface area contributed by atoms with E-state index in [1.54, 1.807) is 6.07 Å². The molecule has 1 aromatic rings. The molecule has 0 saturated carbocycles. The summed E-state index contributed by atoms with van der Waals surface area (Å²) in [6.45, 7) is 2.86. The Morgan fingerprint density at radius 2 is 2.33 bits per heavy atom. The molecule has 1 atom stereocenters. The Morgan fingerprint density at radius 1 is 1.47 bits per heavy atom. The second kappa shape index (κ2) is 4.88. The molecule has 0 spiro atoms. The van der Waals surface area contributed by atoms with E-state index in [1.165, 1.54) is 6.42 Å². The molecule has 2 N–H and O–H groups in total. The van der Waals surface area contributed by atoms with E-state index in [0.717, 1.165) is 31.7 Å². The van der Waals surface area contributed by atoms with Crippen molar-refractivity contribution in [1.82, 2.24) is 15.1 Å². The smallest absolute Gasteiger partial charge is 0.151 e. The van der Waals surface area contributed by atoms with Crippen LogP contribution < -0.4 is 5.73 Å². The molecule has 1 unspecified atom stereocenters. The van der Waals surface area contributed by atoms with E-state index in [2.05, 4.69) is 15.1 Å². The van der Waals surface area contributed by atoms with Crippen molar-refractivity contribution in [2.45, 2.75) is 25.4 Å². The highest BCUT2D eigenvalue weighted by atomic mass is 35.5. The zero-order valence-corrected chi connectivity index (χ0v) is 9.32. The molecule has 0 bridgehead atoms. The number of piperidine rings is 1. The molecule has 0 aromatic carbocycles. The van der Waals surface area contributed by atoms with Crippen LogP contribution in [-0.4, -0.2) is 34.2 Å². The van der Waals surface area contributed by atoms with Crippen molar-refractivity contribution in [3.05, 3.63) is 23.0 Å². The maximum atomic E-state index is 5.90. The summed E-state index contributed by atoms with van der Waals surface area (Å²) in [5.41, 5.74) is 6.86. The van der Waals surface area contributed by atoms with E-state index in [1.807, 2.05) is 6.07 Å². The largest absolute Gasteiger partial charge is 0.327 e. The van der Waals surface area contributed by atoms with Crippen molar-refractivity contribution in [3.63, 3.8) is 0 Å². The molecule has 0 aliphatic carbocycles. The van der Waals surface area contributed by atoms with Gasteiger partial charge < -0.3 is 5.73 Å². The van der Waals surface area contributed by atoms with Crippen molar-refractivity contribution in [1.29, 1.82) is 0 Å². The molecular formula is C10H15ClN4. The summed E-state index contributed by atoms with van der Waals surface area (Å²) in [7, 11) is 0. The number of likely N-dealkylation sites (tertiary alicyclic amines) is 1. The van der Waals surface area contributed by atoms with Crippen LogP contribution >= 0.6 is 11.6 Å². The van der Waals surface area contributed by atoms with Gasteiger partial charge in [0.1, 0.15) is 0 Å². The van der Waals surface area contributed by atoms with Gasteiger partial charge in [-0.3, -0.25) is 4.90 Å². The second-order valence-electron chi connectivity index (χ2n) is 3.98.